The SMILES string of the molecule is Nc1cccc(-c2cn3c(O)c(Cc4ccco4)nc3c(-c3cnnc(Cl)c3)n2)c1F. The summed E-state index contributed by atoms with van der Waals surface area (Å²) in [6.07, 6.45) is 4.77. The summed E-state index contributed by atoms with van der Waals surface area (Å²) in [5.41, 5.74) is 7.71. The van der Waals surface area contributed by atoms with Crippen LogP contribution in [0, 0.1) is 5.82 Å². The maximum absolute atomic E-state index is 14.7. The van der Waals surface area contributed by atoms with Gasteiger partial charge in [0.05, 0.1) is 30.3 Å². The van der Waals surface area contributed by atoms with E-state index in [0.29, 0.717) is 28.4 Å². The van der Waals surface area contributed by atoms with Crippen molar-refractivity contribution in [2.45, 2.75) is 6.42 Å². The molecule has 154 valence electrons. The monoisotopic (exact) mass is 436 g/mol. The average Bonchev–Trinajstić information content (AvgIpc) is 3.38. The number of rotatable bonds is 4. The van der Waals surface area contributed by atoms with E-state index in [2.05, 4.69) is 20.2 Å². The molecule has 0 bridgehead atoms. The standard InChI is InChI=1S/C21H14ClFN6O2/c22-17-7-11(9-25-28-17)19-20-27-15(8-12-3-2-6-31-12)21(30)29(20)10-16(26-19)13-4-1-5-14(24)18(13)23/h1-7,9-10,30H,8,24H2. The van der Waals surface area contributed by atoms with Gasteiger partial charge in [-0.05, 0) is 30.3 Å². The van der Waals surface area contributed by atoms with Crippen LogP contribution < -0.4 is 5.73 Å². The Morgan fingerprint density at radius 1 is 1.19 bits per heavy atom. The minimum atomic E-state index is -0.610. The molecule has 0 saturated carbocycles. The summed E-state index contributed by atoms with van der Waals surface area (Å²) in [5, 5.41) is 18.6. The number of hydrogen-bond donors (Lipinski definition) is 2. The van der Waals surface area contributed by atoms with Gasteiger partial charge in [-0.3, -0.25) is 4.40 Å². The zero-order valence-electron chi connectivity index (χ0n) is 15.8. The van der Waals surface area contributed by atoms with Crippen LogP contribution in [-0.4, -0.2) is 29.7 Å². The average molecular weight is 437 g/mol. The van der Waals surface area contributed by atoms with E-state index >= 15 is 0 Å². The lowest BCUT2D eigenvalue weighted by molar-refractivity contribution is 0.438. The van der Waals surface area contributed by atoms with Gasteiger partial charge in [0.15, 0.2) is 16.6 Å². The van der Waals surface area contributed by atoms with Gasteiger partial charge >= 0.3 is 0 Å². The fraction of sp³-hybridized carbons (Fsp3) is 0.0476. The highest BCUT2D eigenvalue weighted by Crippen LogP contribution is 2.33. The lowest BCUT2D eigenvalue weighted by atomic mass is 10.1. The number of aromatic hydroxyl groups is 1. The number of aromatic nitrogens is 5. The lowest BCUT2D eigenvalue weighted by Crippen LogP contribution is -2.00. The summed E-state index contributed by atoms with van der Waals surface area (Å²) in [6.45, 7) is 0. The van der Waals surface area contributed by atoms with E-state index in [1.165, 1.54) is 22.9 Å². The first-order valence-corrected chi connectivity index (χ1v) is 9.55. The minimum absolute atomic E-state index is 0.0112. The van der Waals surface area contributed by atoms with Crippen molar-refractivity contribution < 1.29 is 13.9 Å². The molecule has 3 N–H and O–H groups in total. The van der Waals surface area contributed by atoms with Crippen LogP contribution in [0.5, 0.6) is 5.88 Å². The number of halogens is 2. The largest absolute Gasteiger partial charge is 0.493 e. The van der Waals surface area contributed by atoms with Gasteiger partial charge in [-0.15, -0.1) is 5.10 Å². The van der Waals surface area contributed by atoms with Crippen molar-refractivity contribution in [1.82, 2.24) is 24.6 Å². The summed E-state index contributed by atoms with van der Waals surface area (Å²) >= 11 is 6.01. The number of nitrogen functional groups attached to an aromatic ring is 1. The van der Waals surface area contributed by atoms with E-state index in [-0.39, 0.29) is 34.4 Å². The number of hydrogen-bond acceptors (Lipinski definition) is 7. The van der Waals surface area contributed by atoms with Crippen molar-refractivity contribution in [2.75, 3.05) is 5.73 Å². The van der Waals surface area contributed by atoms with Crippen LogP contribution in [0.15, 0.2) is 59.5 Å². The van der Waals surface area contributed by atoms with Gasteiger partial charge < -0.3 is 15.3 Å². The smallest absolute Gasteiger partial charge is 0.219 e. The highest BCUT2D eigenvalue weighted by Gasteiger charge is 2.21. The van der Waals surface area contributed by atoms with Crippen molar-refractivity contribution in [1.29, 1.82) is 0 Å². The van der Waals surface area contributed by atoms with Crippen LogP contribution in [0.2, 0.25) is 5.15 Å². The molecule has 0 aliphatic heterocycles. The van der Waals surface area contributed by atoms with Gasteiger partial charge in [0.1, 0.15) is 17.1 Å². The molecule has 0 fully saturated rings. The third-order valence-electron chi connectivity index (χ3n) is 4.78. The third-order valence-corrected chi connectivity index (χ3v) is 4.96. The Morgan fingerprint density at radius 2 is 2.06 bits per heavy atom. The van der Waals surface area contributed by atoms with Gasteiger partial charge in [0.2, 0.25) is 5.88 Å². The maximum atomic E-state index is 14.7. The zero-order chi connectivity index (χ0) is 21.5. The van der Waals surface area contributed by atoms with Gasteiger partial charge in [0, 0.05) is 17.3 Å². The second kappa shape index (κ2) is 7.37. The van der Waals surface area contributed by atoms with E-state index in [0.717, 1.165) is 0 Å². The van der Waals surface area contributed by atoms with Crippen molar-refractivity contribution in [3.63, 3.8) is 0 Å². The highest BCUT2D eigenvalue weighted by molar-refractivity contribution is 6.29. The summed E-state index contributed by atoms with van der Waals surface area (Å²) in [6, 6.07) is 9.73. The Labute approximate surface area is 179 Å². The Kier molecular flexibility index (Phi) is 4.52. The molecule has 4 heterocycles. The molecule has 0 amide bonds. The summed E-state index contributed by atoms with van der Waals surface area (Å²) in [5.74, 6) is -0.0979. The quantitative estimate of drug-likeness (QED) is 0.407. The van der Waals surface area contributed by atoms with Crippen LogP contribution in [-0.2, 0) is 6.42 Å². The third kappa shape index (κ3) is 3.34. The zero-order valence-corrected chi connectivity index (χ0v) is 16.6. The molecule has 1 aromatic carbocycles. The van der Waals surface area contributed by atoms with Crippen LogP contribution in [0.1, 0.15) is 11.5 Å². The highest BCUT2D eigenvalue weighted by atomic mass is 35.5. The fourth-order valence-electron chi connectivity index (χ4n) is 3.32. The number of nitrogens with zero attached hydrogens (tertiary/aromatic N) is 5. The van der Waals surface area contributed by atoms with Crippen molar-refractivity contribution in [3.05, 3.63) is 77.5 Å². The molecule has 8 nitrogen and oxygen atoms in total. The van der Waals surface area contributed by atoms with E-state index < -0.39 is 5.82 Å². The van der Waals surface area contributed by atoms with Gasteiger partial charge in [-0.25, -0.2) is 14.4 Å². The molecule has 5 rings (SSSR count). The molecule has 0 spiro atoms. The van der Waals surface area contributed by atoms with Crippen LogP contribution in [0.25, 0.3) is 28.2 Å². The van der Waals surface area contributed by atoms with Gasteiger partial charge in [-0.2, -0.15) is 5.10 Å². The van der Waals surface area contributed by atoms with Gasteiger partial charge in [0.25, 0.3) is 0 Å². The molecule has 0 radical (unpaired) electrons. The number of benzene rings is 1. The maximum Gasteiger partial charge on any atom is 0.219 e. The Balaban J connectivity index is 1.78. The van der Waals surface area contributed by atoms with E-state index in [1.54, 1.807) is 36.6 Å². The number of nitrogens with two attached hydrogens (primary N) is 1. The Morgan fingerprint density at radius 3 is 2.84 bits per heavy atom. The van der Waals surface area contributed by atoms with E-state index in [4.69, 9.17) is 21.8 Å². The van der Waals surface area contributed by atoms with Gasteiger partial charge in [-0.1, -0.05) is 17.7 Å². The van der Waals surface area contributed by atoms with Crippen LogP contribution >= 0.6 is 11.6 Å². The molecule has 0 unspecified atom stereocenters. The first-order valence-electron chi connectivity index (χ1n) is 9.17. The Bertz CT molecular complexity index is 1420. The molecule has 0 aliphatic carbocycles. The first kappa shape index (κ1) is 19.0. The molecule has 0 atom stereocenters. The van der Waals surface area contributed by atoms with E-state index in [9.17, 15) is 9.50 Å². The second-order valence-electron chi connectivity index (χ2n) is 6.78. The second-order valence-corrected chi connectivity index (χ2v) is 7.17. The van der Waals surface area contributed by atoms with Crippen molar-refractivity contribution in [3.8, 4) is 28.4 Å². The summed E-state index contributed by atoms with van der Waals surface area (Å²) < 4.78 is 21.5. The molecule has 31 heavy (non-hydrogen) atoms. The number of furan rings is 1. The minimum Gasteiger partial charge on any atom is -0.493 e. The normalized spacial score (nSPS) is 11.3. The van der Waals surface area contributed by atoms with Crippen LogP contribution in [0.4, 0.5) is 10.1 Å². The summed E-state index contributed by atoms with van der Waals surface area (Å²) in [4.78, 5) is 9.14. The molecular weight excluding hydrogens is 423 g/mol. The molecular formula is C21H14ClFN6O2. The topological polar surface area (TPSA) is 115 Å². The molecule has 0 aliphatic rings. The first-order chi connectivity index (χ1) is 15.0. The van der Waals surface area contributed by atoms with E-state index in [1.807, 2.05) is 0 Å². The van der Waals surface area contributed by atoms with Crippen molar-refractivity contribution in [2.24, 2.45) is 0 Å². The predicted molar refractivity (Wildman–Crippen MR) is 112 cm³/mol. The van der Waals surface area contributed by atoms with Crippen LogP contribution in [0.3, 0.4) is 0 Å². The lowest BCUT2D eigenvalue weighted by Gasteiger charge is -2.09. The number of fused-ring (bicyclic) bond motifs is 1. The predicted octanol–water partition coefficient (Wildman–Crippen LogP) is 4.12. The molecule has 0 saturated heterocycles. The number of imidazole rings is 1. The fourth-order valence-corrected chi connectivity index (χ4v) is 3.48. The van der Waals surface area contributed by atoms with Crippen molar-refractivity contribution >= 4 is 22.9 Å². The Hall–Kier alpha value is -3.98. The summed E-state index contributed by atoms with van der Waals surface area (Å²) in [7, 11) is 0. The molecule has 10 heteroatoms. The molecule has 4 aromatic heterocycles. The number of anilines is 1. The molecule has 5 aromatic rings.